The molecule has 0 amide bonds. The van der Waals surface area contributed by atoms with Crippen LogP contribution in [-0.4, -0.2) is 5.78 Å². The molecule has 2 aromatic carbocycles. The van der Waals surface area contributed by atoms with Crippen LogP contribution in [0.25, 0.3) is 0 Å². The molecule has 3 rings (SSSR count). The third-order valence-electron chi connectivity index (χ3n) is 4.15. The van der Waals surface area contributed by atoms with Gasteiger partial charge in [-0.05, 0) is 11.1 Å². The first-order valence-electron chi connectivity index (χ1n) is 7.14. The van der Waals surface area contributed by atoms with Crippen LogP contribution in [0.15, 0.2) is 60.7 Å². The quantitative estimate of drug-likeness (QED) is 0.897. The van der Waals surface area contributed by atoms with Crippen molar-refractivity contribution in [1.29, 1.82) is 0 Å². The van der Waals surface area contributed by atoms with Gasteiger partial charge >= 0.3 is 0 Å². The Morgan fingerprint density at radius 1 is 0.900 bits per heavy atom. The van der Waals surface area contributed by atoms with E-state index in [1.54, 1.807) is 0 Å². The average Bonchev–Trinajstić information content (AvgIpc) is 2.51. The Morgan fingerprint density at radius 2 is 1.45 bits per heavy atom. The molecule has 3 atom stereocenters. The molecule has 1 N–H and O–H groups in total. The molecule has 0 spiro atoms. The van der Waals surface area contributed by atoms with E-state index in [0.717, 1.165) is 0 Å². The van der Waals surface area contributed by atoms with Crippen molar-refractivity contribution in [3.63, 3.8) is 0 Å². The molecule has 0 aliphatic carbocycles. The molecule has 102 valence electrons. The number of carbonyl (C=O) groups is 1. The summed E-state index contributed by atoms with van der Waals surface area (Å²) in [5.74, 6) is 0.365. The van der Waals surface area contributed by atoms with Gasteiger partial charge in [-0.3, -0.25) is 4.79 Å². The summed E-state index contributed by atoms with van der Waals surface area (Å²) in [6.07, 6.45) is 0.578. The summed E-state index contributed by atoms with van der Waals surface area (Å²) in [7, 11) is 0. The fourth-order valence-electron chi connectivity index (χ4n) is 2.94. The van der Waals surface area contributed by atoms with Crippen LogP contribution in [-0.2, 0) is 4.79 Å². The number of rotatable bonds is 2. The van der Waals surface area contributed by atoms with Crippen LogP contribution < -0.4 is 5.32 Å². The normalized spacial score (nSPS) is 26.4. The maximum atomic E-state index is 12.3. The highest BCUT2D eigenvalue weighted by Gasteiger charge is 2.34. The topological polar surface area (TPSA) is 29.1 Å². The Hall–Kier alpha value is -1.93. The lowest BCUT2D eigenvalue weighted by Crippen LogP contribution is -2.41. The summed E-state index contributed by atoms with van der Waals surface area (Å²) in [5, 5.41) is 3.65. The van der Waals surface area contributed by atoms with Crippen molar-refractivity contribution in [3.8, 4) is 0 Å². The highest BCUT2D eigenvalue weighted by atomic mass is 16.1. The predicted octanol–water partition coefficient (Wildman–Crippen LogP) is 3.67. The zero-order chi connectivity index (χ0) is 13.9. The Morgan fingerprint density at radius 3 is 2.05 bits per heavy atom. The van der Waals surface area contributed by atoms with E-state index in [4.69, 9.17) is 0 Å². The van der Waals surface area contributed by atoms with Gasteiger partial charge in [0.15, 0.2) is 0 Å². The Kier molecular flexibility index (Phi) is 3.66. The second kappa shape index (κ2) is 5.59. The smallest absolute Gasteiger partial charge is 0.139 e. The minimum Gasteiger partial charge on any atom is -0.302 e. The molecule has 1 aliphatic heterocycles. The zero-order valence-corrected chi connectivity index (χ0v) is 11.6. The second-order valence-corrected chi connectivity index (χ2v) is 5.48. The van der Waals surface area contributed by atoms with E-state index in [9.17, 15) is 4.79 Å². The van der Waals surface area contributed by atoms with Crippen LogP contribution in [0.3, 0.4) is 0 Å². The van der Waals surface area contributed by atoms with Gasteiger partial charge in [0.2, 0.25) is 0 Å². The van der Waals surface area contributed by atoms with Crippen LogP contribution in [0.2, 0.25) is 0 Å². The number of benzene rings is 2. The fourth-order valence-corrected chi connectivity index (χ4v) is 2.94. The van der Waals surface area contributed by atoms with Crippen molar-refractivity contribution in [2.45, 2.75) is 25.4 Å². The molecule has 2 aromatic rings. The molecule has 2 nitrogen and oxygen atoms in total. The van der Waals surface area contributed by atoms with Gasteiger partial charge in [0.25, 0.3) is 0 Å². The van der Waals surface area contributed by atoms with Crippen LogP contribution in [0.1, 0.15) is 36.6 Å². The highest BCUT2D eigenvalue weighted by molar-refractivity contribution is 5.83. The van der Waals surface area contributed by atoms with E-state index in [0.29, 0.717) is 12.2 Å². The van der Waals surface area contributed by atoms with E-state index >= 15 is 0 Å². The number of ketones is 1. The van der Waals surface area contributed by atoms with E-state index in [-0.39, 0.29) is 18.0 Å². The summed E-state index contributed by atoms with van der Waals surface area (Å²) in [5.41, 5.74) is 2.38. The molecule has 1 aliphatic rings. The van der Waals surface area contributed by atoms with E-state index < -0.39 is 0 Å². The second-order valence-electron chi connectivity index (χ2n) is 5.48. The molecule has 1 fully saturated rings. The maximum absolute atomic E-state index is 12.3. The summed E-state index contributed by atoms with van der Waals surface area (Å²) in [4.78, 5) is 12.3. The molecule has 0 aromatic heterocycles. The van der Waals surface area contributed by atoms with Crippen LogP contribution in [0.4, 0.5) is 0 Å². The van der Waals surface area contributed by atoms with Gasteiger partial charge in [-0.1, -0.05) is 67.6 Å². The summed E-state index contributed by atoms with van der Waals surface area (Å²) in [6, 6.07) is 20.7. The lowest BCUT2D eigenvalue weighted by molar-refractivity contribution is -0.126. The molecule has 0 saturated carbocycles. The Balaban J connectivity index is 1.89. The molecule has 1 saturated heterocycles. The highest BCUT2D eigenvalue weighted by Crippen LogP contribution is 2.34. The van der Waals surface area contributed by atoms with E-state index in [1.807, 2.05) is 43.3 Å². The first kappa shape index (κ1) is 13.1. The predicted molar refractivity (Wildman–Crippen MR) is 80.3 cm³/mol. The van der Waals surface area contributed by atoms with Crippen molar-refractivity contribution in [2.24, 2.45) is 5.92 Å². The zero-order valence-electron chi connectivity index (χ0n) is 11.6. The average molecular weight is 265 g/mol. The van der Waals surface area contributed by atoms with Crippen LogP contribution in [0, 0.1) is 5.92 Å². The number of Topliss-reactive ketones (excluding diaryl/α,β-unsaturated/α-hetero) is 1. The van der Waals surface area contributed by atoms with E-state index in [2.05, 4.69) is 29.6 Å². The van der Waals surface area contributed by atoms with Crippen molar-refractivity contribution in [2.75, 3.05) is 0 Å². The van der Waals surface area contributed by atoms with Gasteiger partial charge in [0.1, 0.15) is 5.78 Å². The number of hydrogen-bond acceptors (Lipinski definition) is 2. The lowest BCUT2D eigenvalue weighted by atomic mass is 9.82. The van der Waals surface area contributed by atoms with Gasteiger partial charge in [0.05, 0.1) is 0 Å². The SMILES string of the molecule is C[C@H]1C(=O)C[C@@H](c2ccccc2)N[C@@H]1c1ccccc1. The van der Waals surface area contributed by atoms with Gasteiger partial charge in [-0.15, -0.1) is 0 Å². The van der Waals surface area contributed by atoms with Crippen molar-refractivity contribution in [3.05, 3.63) is 71.8 Å². The fraction of sp³-hybridized carbons (Fsp3) is 0.278. The number of carbonyl (C=O) groups excluding carboxylic acids is 1. The monoisotopic (exact) mass is 265 g/mol. The Labute approximate surface area is 119 Å². The number of hydrogen-bond donors (Lipinski definition) is 1. The molecule has 2 heteroatoms. The number of piperidine rings is 1. The van der Waals surface area contributed by atoms with Gasteiger partial charge < -0.3 is 5.32 Å². The summed E-state index contributed by atoms with van der Waals surface area (Å²) in [6.45, 7) is 2.02. The minimum atomic E-state index is 0.0253. The maximum Gasteiger partial charge on any atom is 0.139 e. The molecule has 0 unspecified atom stereocenters. The van der Waals surface area contributed by atoms with Crippen LogP contribution >= 0.6 is 0 Å². The molecule has 1 heterocycles. The Bertz CT molecular complexity index is 579. The largest absolute Gasteiger partial charge is 0.302 e. The summed E-state index contributed by atoms with van der Waals surface area (Å²) >= 11 is 0. The molecule has 0 bridgehead atoms. The first-order valence-corrected chi connectivity index (χ1v) is 7.14. The third-order valence-corrected chi connectivity index (χ3v) is 4.15. The molecule has 20 heavy (non-hydrogen) atoms. The van der Waals surface area contributed by atoms with Crippen molar-refractivity contribution in [1.82, 2.24) is 5.32 Å². The molecular formula is C18H19NO. The summed E-state index contributed by atoms with van der Waals surface area (Å²) < 4.78 is 0. The van der Waals surface area contributed by atoms with Gasteiger partial charge in [-0.2, -0.15) is 0 Å². The van der Waals surface area contributed by atoms with Crippen molar-refractivity contribution < 1.29 is 4.79 Å². The van der Waals surface area contributed by atoms with Gasteiger partial charge in [0, 0.05) is 24.4 Å². The van der Waals surface area contributed by atoms with Crippen molar-refractivity contribution >= 4 is 5.78 Å². The van der Waals surface area contributed by atoms with Gasteiger partial charge in [-0.25, -0.2) is 0 Å². The molecule has 0 radical (unpaired) electrons. The standard InChI is InChI=1S/C18H19NO/c1-13-17(20)12-16(14-8-4-2-5-9-14)19-18(13)15-10-6-3-7-11-15/h2-11,13,16,18-19H,12H2,1H3/t13-,16-,18-/m0/s1. The first-order chi connectivity index (χ1) is 9.75. The van der Waals surface area contributed by atoms with Crippen LogP contribution in [0.5, 0.6) is 0 Å². The third kappa shape index (κ3) is 2.52. The molecular weight excluding hydrogens is 246 g/mol. The number of nitrogens with one attached hydrogen (secondary N) is 1. The minimum absolute atomic E-state index is 0.0253. The lowest BCUT2D eigenvalue weighted by Gasteiger charge is -2.35. The van der Waals surface area contributed by atoms with E-state index in [1.165, 1.54) is 11.1 Å².